The summed E-state index contributed by atoms with van der Waals surface area (Å²) in [5.74, 6) is 4.87. The molecule has 61 heavy (non-hydrogen) atoms. The predicted octanol–water partition coefficient (Wildman–Crippen LogP) is 12.8. The Hall–Kier alpha value is -6.96. The van der Waals surface area contributed by atoms with Gasteiger partial charge in [0.2, 0.25) is 0 Å². The molecule has 7 aromatic carbocycles. The second-order valence-corrected chi connectivity index (χ2v) is 18.2. The van der Waals surface area contributed by atoms with Crippen LogP contribution in [-0.2, 0) is 10.8 Å². The molecule has 0 atom stereocenters. The van der Waals surface area contributed by atoms with E-state index in [-0.39, 0.29) is 5.41 Å². The fraction of sp³-hybridized carbons (Fsp3) is 0.193. The Balaban J connectivity index is 1.06. The van der Waals surface area contributed by atoms with Crippen molar-refractivity contribution < 1.29 is 0 Å². The summed E-state index contributed by atoms with van der Waals surface area (Å²) >= 11 is 0. The average Bonchev–Trinajstić information content (AvgIpc) is 3.62. The lowest BCUT2D eigenvalue weighted by Crippen LogP contribution is -2.59. The molecule has 8 aromatic rings. The largest absolute Gasteiger partial charge is 0.208 e. The minimum absolute atomic E-state index is 0.0407. The van der Waals surface area contributed by atoms with E-state index in [1.165, 1.54) is 71.0 Å². The fourth-order valence-electron chi connectivity index (χ4n) is 13.4. The molecule has 4 bridgehead atoms. The van der Waals surface area contributed by atoms with Crippen LogP contribution in [0.15, 0.2) is 170 Å². The molecule has 0 aliphatic heterocycles. The number of aromatic nitrogens is 3. The minimum Gasteiger partial charge on any atom is -0.208 e. The zero-order valence-electron chi connectivity index (χ0n) is 33.8. The molecule has 4 heteroatoms. The van der Waals surface area contributed by atoms with E-state index in [1.54, 1.807) is 5.56 Å². The summed E-state index contributed by atoms with van der Waals surface area (Å²) in [5.41, 5.74) is 16.1. The summed E-state index contributed by atoms with van der Waals surface area (Å²) in [5, 5.41) is 9.83. The second-order valence-electron chi connectivity index (χ2n) is 18.2. The second kappa shape index (κ2) is 13.0. The molecular formula is C57H42N4. The van der Waals surface area contributed by atoms with Gasteiger partial charge in [-0.25, -0.2) is 15.0 Å². The van der Waals surface area contributed by atoms with Gasteiger partial charge in [0.05, 0.1) is 17.0 Å². The highest BCUT2D eigenvalue weighted by molar-refractivity contribution is 5.89. The Morgan fingerprint density at radius 3 is 1.48 bits per heavy atom. The van der Waals surface area contributed by atoms with Crippen LogP contribution in [0.1, 0.15) is 71.0 Å². The van der Waals surface area contributed by atoms with Gasteiger partial charge in [-0.05, 0) is 124 Å². The molecule has 0 N–H and O–H groups in total. The maximum atomic E-state index is 9.83. The van der Waals surface area contributed by atoms with Crippen molar-refractivity contribution in [2.24, 2.45) is 23.7 Å². The highest BCUT2D eigenvalue weighted by Gasteiger charge is 2.64. The first-order chi connectivity index (χ1) is 30.1. The van der Waals surface area contributed by atoms with Crippen molar-refractivity contribution in [1.29, 1.82) is 5.26 Å². The van der Waals surface area contributed by atoms with Crippen LogP contribution < -0.4 is 0 Å². The van der Waals surface area contributed by atoms with Crippen LogP contribution in [0, 0.1) is 35.0 Å². The Kier molecular flexibility index (Phi) is 7.44. The van der Waals surface area contributed by atoms with Gasteiger partial charge in [-0.15, -0.1) is 0 Å². The van der Waals surface area contributed by atoms with E-state index in [0.717, 1.165) is 39.7 Å². The van der Waals surface area contributed by atoms with E-state index in [0.29, 0.717) is 34.9 Å². The number of nitriles is 1. The van der Waals surface area contributed by atoms with E-state index in [4.69, 9.17) is 15.0 Å². The van der Waals surface area contributed by atoms with Crippen molar-refractivity contribution in [3.8, 4) is 62.5 Å². The zero-order chi connectivity index (χ0) is 40.3. The van der Waals surface area contributed by atoms with Crippen molar-refractivity contribution in [2.45, 2.75) is 42.9 Å². The molecular weight excluding hydrogens is 741 g/mol. The van der Waals surface area contributed by atoms with Gasteiger partial charge in [-0.3, -0.25) is 0 Å². The topological polar surface area (TPSA) is 62.5 Å². The summed E-state index contributed by atoms with van der Waals surface area (Å²) in [4.78, 5) is 15.8. The van der Waals surface area contributed by atoms with Crippen LogP contribution in [0.2, 0.25) is 0 Å². The van der Waals surface area contributed by atoms with Crippen LogP contribution in [0.4, 0.5) is 0 Å². The van der Waals surface area contributed by atoms with Crippen molar-refractivity contribution >= 4 is 0 Å². The van der Waals surface area contributed by atoms with E-state index in [1.807, 2.05) is 42.5 Å². The van der Waals surface area contributed by atoms with Crippen LogP contribution >= 0.6 is 0 Å². The Bertz CT molecular complexity index is 3050. The average molecular weight is 783 g/mol. The Morgan fingerprint density at radius 1 is 0.393 bits per heavy atom. The Morgan fingerprint density at radius 2 is 0.852 bits per heavy atom. The summed E-state index contributed by atoms with van der Waals surface area (Å²) in [7, 11) is 0. The molecule has 1 heterocycles. The molecule has 0 amide bonds. The summed E-state index contributed by atoms with van der Waals surface area (Å²) in [6, 6.07) is 63.9. The van der Waals surface area contributed by atoms with Crippen LogP contribution in [0.3, 0.4) is 0 Å². The standard InChI is InChI=1S/C57H42N4/c58-34-41-14-4-5-15-44(41)37-22-24-39(25-23-37)54-59-53(38-12-2-1-3-13-38)60-55(61-54)40-26-27-51-52(33-40)57(47-18-8-6-16-45(47)46-17-7-9-19-48(46)57)50-21-11-10-20-49(50)56(51)42-29-35-28-36(31-42)32-43(56)30-35/h1-27,33,35-36,42-43H,28-32H2. The first-order valence-corrected chi connectivity index (χ1v) is 22.0. The zero-order valence-corrected chi connectivity index (χ0v) is 33.8. The van der Waals surface area contributed by atoms with Gasteiger partial charge in [0, 0.05) is 22.1 Å². The van der Waals surface area contributed by atoms with Crippen molar-refractivity contribution in [1.82, 2.24) is 15.0 Å². The highest BCUT2D eigenvalue weighted by Crippen LogP contribution is 2.71. The lowest BCUT2D eigenvalue weighted by atomic mass is 9.38. The monoisotopic (exact) mass is 782 g/mol. The summed E-state index contributed by atoms with van der Waals surface area (Å²) in [6.07, 6.45) is 6.70. The normalized spacial score (nSPS) is 22.9. The molecule has 4 nitrogen and oxygen atoms in total. The van der Waals surface area contributed by atoms with Crippen LogP contribution in [0.5, 0.6) is 0 Å². The fourth-order valence-corrected chi connectivity index (χ4v) is 13.4. The van der Waals surface area contributed by atoms with E-state index in [2.05, 4.69) is 133 Å². The van der Waals surface area contributed by atoms with Gasteiger partial charge in [0.1, 0.15) is 0 Å². The van der Waals surface area contributed by atoms with E-state index < -0.39 is 5.41 Å². The lowest BCUT2D eigenvalue weighted by Gasteiger charge is -2.65. The third kappa shape index (κ3) is 4.78. The predicted molar refractivity (Wildman–Crippen MR) is 241 cm³/mol. The summed E-state index contributed by atoms with van der Waals surface area (Å²) < 4.78 is 0. The SMILES string of the molecule is N#Cc1ccccc1-c1ccc(-c2nc(-c3ccccc3)nc(-c3ccc4c(c3)C3(c5ccccc5-c5ccccc53)c3ccccc3C43C4CC5CC(C4)CC3C5)n2)cc1. The molecule has 2 spiro atoms. The van der Waals surface area contributed by atoms with Gasteiger partial charge >= 0.3 is 0 Å². The van der Waals surface area contributed by atoms with E-state index in [9.17, 15) is 5.26 Å². The molecule has 0 unspecified atom stereocenters. The quantitative estimate of drug-likeness (QED) is 0.178. The first kappa shape index (κ1) is 34.9. The molecule has 14 rings (SSSR count). The highest BCUT2D eigenvalue weighted by atomic mass is 15.0. The third-order valence-corrected chi connectivity index (χ3v) is 15.5. The smallest absolute Gasteiger partial charge is 0.164 e. The third-order valence-electron chi connectivity index (χ3n) is 15.5. The number of hydrogen-bond donors (Lipinski definition) is 0. The molecule has 6 aliphatic rings. The van der Waals surface area contributed by atoms with E-state index >= 15 is 0 Å². The molecule has 4 saturated carbocycles. The maximum absolute atomic E-state index is 9.83. The van der Waals surface area contributed by atoms with Gasteiger partial charge in [-0.1, -0.05) is 158 Å². The number of benzene rings is 7. The van der Waals surface area contributed by atoms with Gasteiger partial charge < -0.3 is 0 Å². The van der Waals surface area contributed by atoms with Gasteiger partial charge in [0.25, 0.3) is 0 Å². The molecule has 0 saturated heterocycles. The maximum Gasteiger partial charge on any atom is 0.164 e. The number of rotatable bonds is 4. The van der Waals surface area contributed by atoms with Crippen LogP contribution in [0.25, 0.3) is 56.4 Å². The lowest BCUT2D eigenvalue weighted by molar-refractivity contribution is -0.0440. The van der Waals surface area contributed by atoms with Crippen molar-refractivity contribution in [3.63, 3.8) is 0 Å². The number of nitrogens with zero attached hydrogens (tertiary/aromatic N) is 4. The number of fused-ring (bicyclic) bond motifs is 9. The molecule has 0 radical (unpaired) electrons. The van der Waals surface area contributed by atoms with Gasteiger partial charge in [0.15, 0.2) is 17.5 Å². The molecule has 290 valence electrons. The van der Waals surface area contributed by atoms with Crippen molar-refractivity contribution in [3.05, 3.63) is 209 Å². The van der Waals surface area contributed by atoms with Gasteiger partial charge in [-0.2, -0.15) is 5.26 Å². The summed E-state index contributed by atoms with van der Waals surface area (Å²) in [6.45, 7) is 0. The minimum atomic E-state index is -0.497. The Labute approximate surface area is 356 Å². The molecule has 6 aliphatic carbocycles. The van der Waals surface area contributed by atoms with Crippen LogP contribution in [-0.4, -0.2) is 15.0 Å². The first-order valence-electron chi connectivity index (χ1n) is 22.0. The number of hydrogen-bond acceptors (Lipinski definition) is 4. The molecule has 4 fully saturated rings. The molecule has 1 aromatic heterocycles. The van der Waals surface area contributed by atoms with Crippen molar-refractivity contribution in [2.75, 3.05) is 0 Å².